The molecule has 156 valence electrons. The van der Waals surface area contributed by atoms with Gasteiger partial charge in [0, 0.05) is 29.9 Å². The first-order valence-corrected chi connectivity index (χ1v) is 10.7. The zero-order valence-corrected chi connectivity index (χ0v) is 17.0. The number of rotatable bonds is 4. The third-order valence-electron chi connectivity index (χ3n) is 6.17. The number of anilines is 1. The number of carbonyl (C=O) groups excluding carboxylic acids is 1. The van der Waals surface area contributed by atoms with Crippen LogP contribution in [-0.4, -0.2) is 43.6 Å². The lowest BCUT2D eigenvalue weighted by molar-refractivity contribution is -0.110. The van der Waals surface area contributed by atoms with E-state index in [2.05, 4.69) is 27.7 Å². The Kier molecular flexibility index (Phi) is 5.17. The van der Waals surface area contributed by atoms with Gasteiger partial charge in [-0.25, -0.2) is 4.39 Å². The predicted molar refractivity (Wildman–Crippen MR) is 115 cm³/mol. The number of benzene rings is 1. The van der Waals surface area contributed by atoms with Gasteiger partial charge in [-0.05, 0) is 68.3 Å². The van der Waals surface area contributed by atoms with E-state index in [1.165, 1.54) is 44.5 Å². The second-order valence-electron chi connectivity index (χ2n) is 8.18. The van der Waals surface area contributed by atoms with E-state index in [1.807, 2.05) is 6.08 Å². The van der Waals surface area contributed by atoms with E-state index in [4.69, 9.17) is 4.74 Å². The van der Waals surface area contributed by atoms with Crippen LogP contribution < -0.4 is 10.6 Å². The summed E-state index contributed by atoms with van der Waals surface area (Å²) in [6, 6.07) is 4.36. The Labute approximate surface area is 176 Å². The molecule has 0 unspecified atom stereocenters. The molecule has 2 N–H and O–H groups in total. The van der Waals surface area contributed by atoms with E-state index in [0.717, 1.165) is 36.4 Å². The molecule has 3 heterocycles. The smallest absolute Gasteiger partial charge is 0.260 e. The summed E-state index contributed by atoms with van der Waals surface area (Å²) in [5.41, 5.74) is 4.89. The summed E-state index contributed by atoms with van der Waals surface area (Å²) in [7, 11) is 0. The lowest BCUT2D eigenvalue weighted by Gasteiger charge is -2.26. The van der Waals surface area contributed by atoms with Crippen molar-refractivity contribution in [3.05, 3.63) is 70.4 Å². The van der Waals surface area contributed by atoms with Crippen molar-refractivity contribution in [1.29, 1.82) is 0 Å². The summed E-state index contributed by atoms with van der Waals surface area (Å²) in [4.78, 5) is 15.1. The summed E-state index contributed by atoms with van der Waals surface area (Å²) in [5.74, 6) is -0.0247. The first kappa shape index (κ1) is 19.1. The van der Waals surface area contributed by atoms with E-state index in [1.54, 1.807) is 6.07 Å². The molecular formula is C24H26FN3O2. The van der Waals surface area contributed by atoms with Crippen LogP contribution in [0.15, 0.2) is 59.0 Å². The van der Waals surface area contributed by atoms with Gasteiger partial charge in [0.15, 0.2) is 0 Å². The Morgan fingerprint density at radius 1 is 1.17 bits per heavy atom. The van der Waals surface area contributed by atoms with Crippen LogP contribution >= 0.6 is 0 Å². The SMILES string of the molecule is O=C1Nc2cc(F)ccc2/C1=C1\OCC2=C1C=CC(NCCN1CCCCC1)=CC2. The second-order valence-corrected chi connectivity index (χ2v) is 8.18. The van der Waals surface area contributed by atoms with Crippen molar-refractivity contribution in [2.75, 3.05) is 38.1 Å². The number of piperidine rings is 1. The van der Waals surface area contributed by atoms with Crippen molar-refractivity contribution in [2.24, 2.45) is 0 Å². The van der Waals surface area contributed by atoms with E-state index in [0.29, 0.717) is 29.2 Å². The average Bonchev–Trinajstić information content (AvgIpc) is 3.21. The Hall–Kier alpha value is -2.86. The van der Waals surface area contributed by atoms with Crippen LogP contribution in [0.3, 0.4) is 0 Å². The first-order chi connectivity index (χ1) is 14.7. The second kappa shape index (κ2) is 8.11. The molecule has 0 radical (unpaired) electrons. The molecule has 6 heteroatoms. The molecule has 0 spiro atoms. The third-order valence-corrected chi connectivity index (χ3v) is 6.17. The zero-order valence-electron chi connectivity index (χ0n) is 17.0. The first-order valence-electron chi connectivity index (χ1n) is 10.7. The molecule has 5 nitrogen and oxygen atoms in total. The van der Waals surface area contributed by atoms with Crippen molar-refractivity contribution in [3.8, 4) is 0 Å². The summed E-state index contributed by atoms with van der Waals surface area (Å²) in [6.07, 6.45) is 11.0. The van der Waals surface area contributed by atoms with Gasteiger partial charge in [0.05, 0.1) is 11.3 Å². The maximum Gasteiger partial charge on any atom is 0.260 e. The molecule has 5 rings (SSSR count). The zero-order chi connectivity index (χ0) is 20.5. The van der Waals surface area contributed by atoms with E-state index in [9.17, 15) is 9.18 Å². The molecule has 0 saturated carbocycles. The number of likely N-dealkylation sites (tertiary alicyclic amines) is 1. The minimum atomic E-state index is -0.369. The monoisotopic (exact) mass is 407 g/mol. The van der Waals surface area contributed by atoms with Crippen LogP contribution in [-0.2, 0) is 9.53 Å². The van der Waals surface area contributed by atoms with Gasteiger partial charge in [0.1, 0.15) is 18.2 Å². The van der Waals surface area contributed by atoms with Crippen LogP contribution in [0.2, 0.25) is 0 Å². The van der Waals surface area contributed by atoms with Crippen LogP contribution in [0.25, 0.3) is 5.57 Å². The third kappa shape index (κ3) is 3.67. The van der Waals surface area contributed by atoms with Crippen molar-refractivity contribution in [1.82, 2.24) is 10.2 Å². The Morgan fingerprint density at radius 3 is 2.90 bits per heavy atom. The molecule has 3 aliphatic heterocycles. The van der Waals surface area contributed by atoms with Crippen LogP contribution in [0.4, 0.5) is 10.1 Å². The molecule has 1 fully saturated rings. The van der Waals surface area contributed by atoms with Gasteiger partial charge in [-0.15, -0.1) is 0 Å². The lowest BCUT2D eigenvalue weighted by atomic mass is 10.00. The minimum absolute atomic E-state index is 0.246. The highest BCUT2D eigenvalue weighted by atomic mass is 19.1. The van der Waals surface area contributed by atoms with Gasteiger partial charge < -0.3 is 20.3 Å². The standard InChI is InChI=1S/C24H26FN3O2/c25-17-5-8-20-21(14-17)27-24(29)22(20)23-19-9-7-18(6-4-16(19)15-30-23)26-10-13-28-11-2-1-3-12-28/h5-9,14,26H,1-4,10-13,15H2,(H,27,29)/b23-22+. The fourth-order valence-corrected chi connectivity index (χ4v) is 4.56. The summed E-state index contributed by atoms with van der Waals surface area (Å²) < 4.78 is 19.5. The molecular weight excluding hydrogens is 381 g/mol. The van der Waals surface area contributed by atoms with Crippen LogP contribution in [0.5, 0.6) is 0 Å². The van der Waals surface area contributed by atoms with Gasteiger partial charge in [-0.3, -0.25) is 4.79 Å². The van der Waals surface area contributed by atoms with Gasteiger partial charge >= 0.3 is 0 Å². The normalized spacial score (nSPS) is 23.5. The maximum absolute atomic E-state index is 13.5. The molecule has 30 heavy (non-hydrogen) atoms. The average molecular weight is 407 g/mol. The highest BCUT2D eigenvalue weighted by molar-refractivity contribution is 6.32. The number of allylic oxidation sites excluding steroid dienone is 3. The number of carbonyl (C=O) groups is 1. The number of ether oxygens (including phenoxy) is 1. The summed E-state index contributed by atoms with van der Waals surface area (Å²) >= 11 is 0. The molecule has 1 aromatic carbocycles. The van der Waals surface area contributed by atoms with E-state index >= 15 is 0 Å². The number of nitrogens with zero attached hydrogens (tertiary/aromatic N) is 1. The van der Waals surface area contributed by atoms with E-state index in [-0.39, 0.29) is 11.7 Å². The Bertz CT molecular complexity index is 1000. The fourth-order valence-electron chi connectivity index (χ4n) is 4.56. The fraction of sp³-hybridized carbons (Fsp3) is 0.375. The van der Waals surface area contributed by atoms with Crippen LogP contribution in [0.1, 0.15) is 31.2 Å². The summed E-state index contributed by atoms with van der Waals surface area (Å²) in [5, 5.41) is 6.29. The molecule has 0 atom stereocenters. The van der Waals surface area contributed by atoms with Crippen LogP contribution in [0, 0.1) is 5.82 Å². The number of hydrogen-bond acceptors (Lipinski definition) is 4. The molecule has 4 aliphatic rings. The van der Waals surface area contributed by atoms with Gasteiger partial charge in [-0.2, -0.15) is 0 Å². The largest absolute Gasteiger partial charge is 0.488 e. The van der Waals surface area contributed by atoms with Crippen molar-refractivity contribution in [3.63, 3.8) is 0 Å². The highest BCUT2D eigenvalue weighted by Crippen LogP contribution is 2.41. The Morgan fingerprint density at radius 2 is 2.03 bits per heavy atom. The van der Waals surface area contributed by atoms with Crippen molar-refractivity contribution < 1.29 is 13.9 Å². The number of halogens is 1. The molecule has 1 amide bonds. The lowest BCUT2D eigenvalue weighted by Crippen LogP contribution is -2.35. The molecule has 1 aromatic rings. The predicted octanol–water partition coefficient (Wildman–Crippen LogP) is 3.74. The quantitative estimate of drug-likeness (QED) is 0.747. The van der Waals surface area contributed by atoms with E-state index < -0.39 is 0 Å². The topological polar surface area (TPSA) is 53.6 Å². The minimum Gasteiger partial charge on any atom is -0.488 e. The summed E-state index contributed by atoms with van der Waals surface area (Å²) in [6.45, 7) is 4.86. The molecule has 1 saturated heterocycles. The number of nitrogens with one attached hydrogen (secondary N) is 2. The van der Waals surface area contributed by atoms with Crippen molar-refractivity contribution >= 4 is 17.2 Å². The maximum atomic E-state index is 13.5. The molecule has 1 aliphatic carbocycles. The Balaban J connectivity index is 1.32. The molecule has 0 bridgehead atoms. The molecule has 0 aromatic heterocycles. The van der Waals surface area contributed by atoms with Gasteiger partial charge in [0.2, 0.25) is 0 Å². The highest BCUT2D eigenvalue weighted by Gasteiger charge is 2.33. The number of hydrogen-bond donors (Lipinski definition) is 2. The van der Waals surface area contributed by atoms with Gasteiger partial charge in [0.25, 0.3) is 5.91 Å². The number of fused-ring (bicyclic) bond motifs is 1. The van der Waals surface area contributed by atoms with Gasteiger partial charge in [-0.1, -0.05) is 12.5 Å². The van der Waals surface area contributed by atoms with Crippen molar-refractivity contribution in [2.45, 2.75) is 25.7 Å². The number of amides is 1.